The topological polar surface area (TPSA) is 67.8 Å². The van der Waals surface area contributed by atoms with Crippen LogP contribution in [0.1, 0.15) is 46.0 Å². The smallest absolute Gasteiger partial charge is 0.315 e. The third-order valence-electron chi connectivity index (χ3n) is 5.31. The number of rotatable bonds is 7. The zero-order chi connectivity index (χ0) is 17.4. The van der Waals surface area contributed by atoms with Crippen LogP contribution in [0.4, 0.5) is 4.79 Å². The Morgan fingerprint density at radius 3 is 2.38 bits per heavy atom. The van der Waals surface area contributed by atoms with Crippen LogP contribution in [0.5, 0.6) is 0 Å². The average molecular weight is 341 g/mol. The van der Waals surface area contributed by atoms with Gasteiger partial charge in [-0.25, -0.2) is 4.79 Å². The van der Waals surface area contributed by atoms with Crippen molar-refractivity contribution in [3.05, 3.63) is 0 Å². The van der Waals surface area contributed by atoms with Gasteiger partial charge < -0.3 is 25.5 Å². The van der Waals surface area contributed by atoms with Crippen LogP contribution in [0.3, 0.4) is 0 Å². The molecule has 2 amide bonds. The summed E-state index contributed by atoms with van der Waals surface area (Å²) < 4.78 is 0. The second kappa shape index (κ2) is 10.2. The predicted molar refractivity (Wildman–Crippen MR) is 97.1 cm³/mol. The van der Waals surface area contributed by atoms with E-state index in [4.69, 9.17) is 0 Å². The fourth-order valence-electron chi connectivity index (χ4n) is 3.67. The van der Waals surface area contributed by atoms with Gasteiger partial charge in [0.25, 0.3) is 0 Å². The minimum absolute atomic E-state index is 0.143. The number of aliphatic hydroxyl groups is 1. The molecular formula is C18H36N4O2. The maximum atomic E-state index is 12.0. The number of likely N-dealkylation sites (tertiary alicyclic amines) is 2. The SMILES string of the molecule is CCCN1CCC(NC(=O)NCC(O)CN2CCC(C)CC2)CC1. The number of β-amino-alcohol motifs (C(OH)–C–C–N with tert-alkyl or cyclic N) is 1. The van der Waals surface area contributed by atoms with Crippen molar-refractivity contribution in [1.82, 2.24) is 20.4 Å². The van der Waals surface area contributed by atoms with Gasteiger partial charge in [-0.3, -0.25) is 0 Å². The molecule has 1 unspecified atom stereocenters. The van der Waals surface area contributed by atoms with Crippen molar-refractivity contribution in [2.45, 2.75) is 58.1 Å². The fraction of sp³-hybridized carbons (Fsp3) is 0.944. The van der Waals surface area contributed by atoms with E-state index >= 15 is 0 Å². The van der Waals surface area contributed by atoms with Crippen LogP contribution >= 0.6 is 0 Å². The standard InChI is InChI=1S/C18H36N4O2/c1-3-8-21-11-6-16(7-12-21)20-18(24)19-13-17(23)14-22-9-4-15(2)5-10-22/h15-17,23H,3-14H2,1-2H3,(H2,19,20,24). The molecule has 1 atom stereocenters. The summed E-state index contributed by atoms with van der Waals surface area (Å²) in [5, 5.41) is 16.0. The predicted octanol–water partition coefficient (Wildman–Crippen LogP) is 1.25. The van der Waals surface area contributed by atoms with Crippen molar-refractivity contribution in [2.75, 3.05) is 45.8 Å². The van der Waals surface area contributed by atoms with Gasteiger partial charge in [0.05, 0.1) is 6.10 Å². The van der Waals surface area contributed by atoms with Gasteiger partial charge in [0.2, 0.25) is 0 Å². The van der Waals surface area contributed by atoms with E-state index in [1.165, 1.54) is 19.3 Å². The van der Waals surface area contributed by atoms with E-state index in [1.807, 2.05) is 0 Å². The van der Waals surface area contributed by atoms with E-state index in [0.717, 1.165) is 51.5 Å². The summed E-state index contributed by atoms with van der Waals surface area (Å²) in [5.41, 5.74) is 0. The molecule has 6 heteroatoms. The molecule has 2 aliphatic heterocycles. The van der Waals surface area contributed by atoms with Crippen LogP contribution in [0.25, 0.3) is 0 Å². The van der Waals surface area contributed by atoms with E-state index in [2.05, 4.69) is 34.3 Å². The third-order valence-corrected chi connectivity index (χ3v) is 5.31. The number of hydrogen-bond acceptors (Lipinski definition) is 4. The zero-order valence-electron chi connectivity index (χ0n) is 15.5. The molecule has 2 rings (SSSR count). The number of carbonyl (C=O) groups excluding carboxylic acids is 1. The van der Waals surface area contributed by atoms with Gasteiger partial charge in [-0.05, 0) is 57.7 Å². The van der Waals surface area contributed by atoms with E-state index in [1.54, 1.807) is 0 Å². The molecule has 0 aromatic carbocycles. The molecule has 140 valence electrons. The summed E-state index contributed by atoms with van der Waals surface area (Å²) in [7, 11) is 0. The monoisotopic (exact) mass is 340 g/mol. The maximum Gasteiger partial charge on any atom is 0.315 e. The normalized spacial score (nSPS) is 23.1. The van der Waals surface area contributed by atoms with Gasteiger partial charge in [-0.15, -0.1) is 0 Å². The van der Waals surface area contributed by atoms with Crippen LogP contribution in [0.15, 0.2) is 0 Å². The number of nitrogens with zero attached hydrogens (tertiary/aromatic N) is 2. The van der Waals surface area contributed by atoms with E-state index < -0.39 is 6.10 Å². The van der Waals surface area contributed by atoms with Crippen molar-refractivity contribution >= 4 is 6.03 Å². The van der Waals surface area contributed by atoms with Crippen LogP contribution in [-0.4, -0.2) is 78.9 Å². The van der Waals surface area contributed by atoms with Crippen LogP contribution in [0.2, 0.25) is 0 Å². The number of carbonyl (C=O) groups is 1. The highest BCUT2D eigenvalue weighted by Gasteiger charge is 2.21. The molecule has 3 N–H and O–H groups in total. The van der Waals surface area contributed by atoms with Crippen molar-refractivity contribution in [3.63, 3.8) is 0 Å². The zero-order valence-corrected chi connectivity index (χ0v) is 15.5. The Hall–Kier alpha value is -0.850. The van der Waals surface area contributed by atoms with Gasteiger partial charge in [0.1, 0.15) is 0 Å². The summed E-state index contributed by atoms with van der Waals surface area (Å²) in [4.78, 5) is 16.8. The lowest BCUT2D eigenvalue weighted by Crippen LogP contribution is -2.50. The lowest BCUT2D eigenvalue weighted by Gasteiger charge is -2.32. The first-order chi connectivity index (χ1) is 11.6. The van der Waals surface area contributed by atoms with Crippen LogP contribution < -0.4 is 10.6 Å². The van der Waals surface area contributed by atoms with Gasteiger partial charge >= 0.3 is 6.03 Å². The number of nitrogens with one attached hydrogen (secondary N) is 2. The Morgan fingerprint density at radius 1 is 1.12 bits per heavy atom. The van der Waals surface area contributed by atoms with Gasteiger partial charge in [0, 0.05) is 32.2 Å². The second-order valence-electron chi connectivity index (χ2n) is 7.61. The highest BCUT2D eigenvalue weighted by atomic mass is 16.3. The van der Waals surface area contributed by atoms with E-state index in [9.17, 15) is 9.90 Å². The Bertz CT molecular complexity index is 364. The molecule has 0 bridgehead atoms. The Morgan fingerprint density at radius 2 is 1.75 bits per heavy atom. The highest BCUT2D eigenvalue weighted by molar-refractivity contribution is 5.74. The first kappa shape index (κ1) is 19.5. The molecule has 0 aromatic heterocycles. The molecule has 0 spiro atoms. The molecule has 0 radical (unpaired) electrons. The quantitative estimate of drug-likeness (QED) is 0.653. The molecule has 0 aromatic rings. The molecule has 2 saturated heterocycles. The summed E-state index contributed by atoms with van der Waals surface area (Å²) in [6.45, 7) is 10.9. The molecular weight excluding hydrogens is 304 g/mol. The molecule has 2 heterocycles. The van der Waals surface area contributed by atoms with Crippen molar-refractivity contribution < 1.29 is 9.90 Å². The molecule has 0 saturated carbocycles. The summed E-state index contributed by atoms with van der Waals surface area (Å²) in [6.07, 6.45) is 5.14. The average Bonchev–Trinajstić information content (AvgIpc) is 2.57. The number of aliphatic hydroxyl groups excluding tert-OH is 1. The third kappa shape index (κ3) is 6.95. The number of urea groups is 1. The van der Waals surface area contributed by atoms with Crippen molar-refractivity contribution in [3.8, 4) is 0 Å². The summed E-state index contributed by atoms with van der Waals surface area (Å²) >= 11 is 0. The van der Waals surface area contributed by atoms with Gasteiger partial charge in [-0.2, -0.15) is 0 Å². The minimum Gasteiger partial charge on any atom is -0.390 e. The first-order valence-corrected chi connectivity index (χ1v) is 9.74. The number of piperidine rings is 2. The minimum atomic E-state index is -0.490. The fourth-order valence-corrected chi connectivity index (χ4v) is 3.67. The lowest BCUT2D eigenvalue weighted by molar-refractivity contribution is 0.0917. The van der Waals surface area contributed by atoms with Crippen LogP contribution in [0, 0.1) is 5.92 Å². The highest BCUT2D eigenvalue weighted by Crippen LogP contribution is 2.15. The molecule has 24 heavy (non-hydrogen) atoms. The molecule has 6 nitrogen and oxygen atoms in total. The Kier molecular flexibility index (Phi) is 8.29. The Labute approximate surface area is 147 Å². The number of hydrogen-bond donors (Lipinski definition) is 3. The van der Waals surface area contributed by atoms with Crippen molar-refractivity contribution in [2.24, 2.45) is 5.92 Å². The van der Waals surface area contributed by atoms with Crippen LogP contribution in [-0.2, 0) is 0 Å². The molecule has 2 aliphatic rings. The van der Waals surface area contributed by atoms with Gasteiger partial charge in [-0.1, -0.05) is 13.8 Å². The van der Waals surface area contributed by atoms with E-state index in [-0.39, 0.29) is 12.1 Å². The van der Waals surface area contributed by atoms with E-state index in [0.29, 0.717) is 13.1 Å². The maximum absolute atomic E-state index is 12.0. The number of amides is 2. The van der Waals surface area contributed by atoms with Crippen molar-refractivity contribution in [1.29, 1.82) is 0 Å². The second-order valence-corrected chi connectivity index (χ2v) is 7.61. The lowest BCUT2D eigenvalue weighted by atomic mass is 9.99. The largest absolute Gasteiger partial charge is 0.390 e. The summed E-state index contributed by atoms with van der Waals surface area (Å²) in [5.74, 6) is 0.797. The van der Waals surface area contributed by atoms with Gasteiger partial charge in [0.15, 0.2) is 0 Å². The first-order valence-electron chi connectivity index (χ1n) is 9.74. The molecule has 2 fully saturated rings. The summed E-state index contributed by atoms with van der Waals surface area (Å²) in [6, 6.07) is 0.120. The Balaban J connectivity index is 1.56. The molecule has 0 aliphatic carbocycles.